The molecule has 0 saturated heterocycles. The number of anilines is 1. The molecule has 25 heavy (non-hydrogen) atoms. The maximum Gasteiger partial charge on any atom is 0.0707 e. The summed E-state index contributed by atoms with van der Waals surface area (Å²) in [6, 6.07) is 23.2. The number of hydrogen-bond donors (Lipinski definition) is 0. The van der Waals surface area contributed by atoms with Crippen molar-refractivity contribution in [2.75, 3.05) is 11.9 Å². The summed E-state index contributed by atoms with van der Waals surface area (Å²) >= 11 is 0. The number of benzene rings is 3. The van der Waals surface area contributed by atoms with Crippen molar-refractivity contribution in [3.8, 4) is 0 Å². The molecule has 0 aliphatic carbocycles. The quantitative estimate of drug-likeness (QED) is 0.539. The summed E-state index contributed by atoms with van der Waals surface area (Å²) in [5, 5.41) is 2.40. The normalized spacial score (nSPS) is 17.6. The van der Waals surface area contributed by atoms with Crippen LogP contribution in [-0.2, 0) is 5.41 Å². The molecule has 2 nitrogen and oxygen atoms in total. The van der Waals surface area contributed by atoms with Crippen LogP contribution in [0, 0.1) is 0 Å². The third-order valence-corrected chi connectivity index (χ3v) is 5.15. The smallest absolute Gasteiger partial charge is 0.0707 e. The van der Waals surface area contributed by atoms with Gasteiger partial charge in [0.2, 0.25) is 0 Å². The van der Waals surface area contributed by atoms with E-state index in [1.165, 1.54) is 27.7 Å². The molecule has 0 atom stereocenters. The van der Waals surface area contributed by atoms with Crippen LogP contribution in [0.25, 0.3) is 10.8 Å². The zero-order chi connectivity index (χ0) is 17.4. The van der Waals surface area contributed by atoms with Gasteiger partial charge >= 0.3 is 0 Å². The highest BCUT2D eigenvalue weighted by Gasteiger charge is 2.37. The summed E-state index contributed by atoms with van der Waals surface area (Å²) in [4.78, 5) is 7.00. The molecule has 0 saturated carbocycles. The number of allylic oxidation sites excluding steroid dienone is 2. The molecule has 3 aromatic rings. The molecule has 0 fully saturated rings. The Labute approximate surface area is 149 Å². The van der Waals surface area contributed by atoms with Crippen molar-refractivity contribution in [1.82, 2.24) is 0 Å². The molecule has 3 aromatic carbocycles. The third-order valence-electron chi connectivity index (χ3n) is 5.15. The Morgan fingerprint density at radius 1 is 0.880 bits per heavy atom. The second kappa shape index (κ2) is 5.89. The Balaban J connectivity index is 1.71. The van der Waals surface area contributed by atoms with Gasteiger partial charge in [0, 0.05) is 35.4 Å². The summed E-state index contributed by atoms with van der Waals surface area (Å²) in [5.41, 5.74) is 4.89. The molecule has 1 aliphatic heterocycles. The fraction of sp³-hybridized carbons (Fsp3) is 0.174. The molecule has 4 rings (SSSR count). The van der Waals surface area contributed by atoms with Crippen molar-refractivity contribution in [2.24, 2.45) is 4.99 Å². The lowest BCUT2D eigenvalue weighted by atomic mass is 9.84. The van der Waals surface area contributed by atoms with Gasteiger partial charge in [0.15, 0.2) is 0 Å². The van der Waals surface area contributed by atoms with Gasteiger partial charge in [-0.2, -0.15) is 0 Å². The minimum atomic E-state index is -0.0177. The van der Waals surface area contributed by atoms with Crippen LogP contribution >= 0.6 is 0 Å². The van der Waals surface area contributed by atoms with Crippen LogP contribution in [0.4, 0.5) is 11.4 Å². The SMILES string of the molecule is CN1C(=CC=Nc2cccc3ccccc23)C(C)(C)c2ccccc21. The second-order valence-electron chi connectivity index (χ2n) is 7.03. The van der Waals surface area contributed by atoms with Crippen molar-refractivity contribution < 1.29 is 0 Å². The number of para-hydroxylation sites is 1. The molecule has 0 N–H and O–H groups in total. The zero-order valence-electron chi connectivity index (χ0n) is 14.9. The van der Waals surface area contributed by atoms with E-state index in [2.05, 4.69) is 98.6 Å². The highest BCUT2D eigenvalue weighted by atomic mass is 15.2. The van der Waals surface area contributed by atoms with Crippen molar-refractivity contribution in [3.63, 3.8) is 0 Å². The fourth-order valence-corrected chi connectivity index (χ4v) is 3.81. The van der Waals surface area contributed by atoms with E-state index < -0.39 is 0 Å². The van der Waals surface area contributed by atoms with E-state index in [-0.39, 0.29) is 5.41 Å². The van der Waals surface area contributed by atoms with E-state index in [0.29, 0.717) is 0 Å². The predicted octanol–water partition coefficient (Wildman–Crippen LogP) is 5.85. The first-order valence-electron chi connectivity index (χ1n) is 8.65. The van der Waals surface area contributed by atoms with Gasteiger partial charge in [-0.1, -0.05) is 68.4 Å². The highest BCUT2D eigenvalue weighted by Crippen LogP contribution is 2.46. The standard InChI is InChI=1S/C23H22N2/c1-23(2)19-12-6-7-14-21(19)25(3)22(23)15-16-24-20-13-8-10-17-9-4-5-11-18(17)20/h4-16H,1-3H3. The van der Waals surface area contributed by atoms with Gasteiger partial charge in [0.1, 0.15) is 0 Å². The molecule has 0 radical (unpaired) electrons. The van der Waals surface area contributed by atoms with Gasteiger partial charge in [0.25, 0.3) is 0 Å². The highest BCUT2D eigenvalue weighted by molar-refractivity contribution is 5.94. The van der Waals surface area contributed by atoms with Gasteiger partial charge < -0.3 is 4.90 Å². The molecular weight excluding hydrogens is 304 g/mol. The van der Waals surface area contributed by atoms with Crippen molar-refractivity contribution in [2.45, 2.75) is 19.3 Å². The van der Waals surface area contributed by atoms with Gasteiger partial charge in [-0.3, -0.25) is 4.99 Å². The summed E-state index contributed by atoms with van der Waals surface area (Å²) in [5.74, 6) is 0. The van der Waals surface area contributed by atoms with E-state index in [1.54, 1.807) is 0 Å². The van der Waals surface area contributed by atoms with Gasteiger partial charge in [-0.15, -0.1) is 0 Å². The van der Waals surface area contributed by atoms with E-state index >= 15 is 0 Å². The van der Waals surface area contributed by atoms with Crippen LogP contribution in [0.1, 0.15) is 19.4 Å². The first-order chi connectivity index (χ1) is 12.1. The second-order valence-corrected chi connectivity index (χ2v) is 7.03. The van der Waals surface area contributed by atoms with Crippen LogP contribution in [0.2, 0.25) is 0 Å². The molecule has 124 valence electrons. The van der Waals surface area contributed by atoms with E-state index in [0.717, 1.165) is 5.69 Å². The summed E-state index contributed by atoms with van der Waals surface area (Å²) in [6.07, 6.45) is 4.07. The average Bonchev–Trinajstić information content (AvgIpc) is 2.83. The molecule has 1 heterocycles. The van der Waals surface area contributed by atoms with Crippen LogP contribution in [0.15, 0.2) is 83.5 Å². The lowest BCUT2D eigenvalue weighted by molar-refractivity contribution is 0.641. The van der Waals surface area contributed by atoms with Crippen molar-refractivity contribution >= 4 is 28.4 Å². The Kier molecular flexibility index (Phi) is 3.69. The van der Waals surface area contributed by atoms with Crippen LogP contribution in [0.5, 0.6) is 0 Å². The number of likely N-dealkylation sites (N-methyl/N-ethyl adjacent to an activating group) is 1. The Morgan fingerprint density at radius 3 is 2.44 bits per heavy atom. The predicted molar refractivity (Wildman–Crippen MR) is 108 cm³/mol. The monoisotopic (exact) mass is 326 g/mol. The molecule has 0 bridgehead atoms. The molecule has 0 unspecified atom stereocenters. The number of nitrogens with zero attached hydrogens (tertiary/aromatic N) is 2. The number of hydrogen-bond acceptors (Lipinski definition) is 2. The minimum Gasteiger partial charge on any atom is -0.347 e. The first kappa shape index (κ1) is 15.6. The van der Waals surface area contributed by atoms with E-state index in [4.69, 9.17) is 4.99 Å². The number of fused-ring (bicyclic) bond motifs is 2. The molecule has 0 amide bonds. The fourth-order valence-electron chi connectivity index (χ4n) is 3.81. The number of rotatable bonds is 2. The molecule has 2 heteroatoms. The van der Waals surface area contributed by atoms with Gasteiger partial charge in [-0.25, -0.2) is 0 Å². The van der Waals surface area contributed by atoms with E-state index in [9.17, 15) is 0 Å². The maximum atomic E-state index is 4.73. The Morgan fingerprint density at radius 2 is 1.60 bits per heavy atom. The van der Waals surface area contributed by atoms with Crippen LogP contribution in [0.3, 0.4) is 0 Å². The van der Waals surface area contributed by atoms with E-state index in [1.807, 2.05) is 6.21 Å². The third kappa shape index (κ3) is 2.54. The number of aliphatic imine (C=N–C) groups is 1. The Hall–Kier alpha value is -2.87. The van der Waals surface area contributed by atoms with Crippen LogP contribution in [-0.4, -0.2) is 13.3 Å². The lowest BCUT2D eigenvalue weighted by Gasteiger charge is -2.23. The van der Waals surface area contributed by atoms with Crippen molar-refractivity contribution in [3.05, 3.63) is 84.1 Å². The largest absolute Gasteiger partial charge is 0.347 e. The van der Waals surface area contributed by atoms with Gasteiger partial charge in [-0.05, 0) is 29.2 Å². The Bertz CT molecular complexity index is 990. The summed E-state index contributed by atoms with van der Waals surface area (Å²) in [6.45, 7) is 4.54. The van der Waals surface area contributed by atoms with Crippen molar-refractivity contribution in [1.29, 1.82) is 0 Å². The molecule has 0 spiro atoms. The molecule has 0 aromatic heterocycles. The van der Waals surface area contributed by atoms with Crippen LogP contribution < -0.4 is 4.90 Å². The topological polar surface area (TPSA) is 15.6 Å². The maximum absolute atomic E-state index is 4.73. The summed E-state index contributed by atoms with van der Waals surface area (Å²) < 4.78 is 0. The molecular formula is C23H22N2. The summed E-state index contributed by atoms with van der Waals surface area (Å²) in [7, 11) is 2.13. The lowest BCUT2D eigenvalue weighted by Crippen LogP contribution is -2.22. The first-order valence-corrected chi connectivity index (χ1v) is 8.65. The zero-order valence-corrected chi connectivity index (χ0v) is 14.9. The minimum absolute atomic E-state index is 0.0177. The van der Waals surface area contributed by atoms with Gasteiger partial charge in [0.05, 0.1) is 5.69 Å². The average molecular weight is 326 g/mol. The molecule has 1 aliphatic rings.